The molecule has 0 spiro atoms. The van der Waals surface area contributed by atoms with Crippen LogP contribution >= 0.6 is 7.82 Å². The monoisotopic (exact) mass is 669 g/mol. The molecule has 0 aromatic rings. The molecule has 2 aliphatic rings. The first-order valence-electron chi connectivity index (χ1n) is 16.7. The molecule has 1 aliphatic heterocycles. The van der Waals surface area contributed by atoms with Crippen molar-refractivity contribution in [2.75, 3.05) is 13.2 Å². The second kappa shape index (κ2) is 22.0. The molecule has 2 fully saturated rings. The zero-order valence-electron chi connectivity index (χ0n) is 26.7. The van der Waals surface area contributed by atoms with E-state index in [0.29, 0.717) is 6.42 Å². The molecule has 0 amide bonds. The maximum Gasteiger partial charge on any atom is 0.472 e. The summed E-state index contributed by atoms with van der Waals surface area (Å²) in [6.07, 6.45) is 4.95. The van der Waals surface area contributed by atoms with Crippen molar-refractivity contribution in [3.05, 3.63) is 13.8 Å². The normalized spacial score (nSPS) is 28.9. The van der Waals surface area contributed by atoms with Crippen LogP contribution in [-0.2, 0) is 32.5 Å². The standard InChI is InChI=1S/C31H58O13P/c1-3-5-7-9-10-11-12-13-14-16-17-19-24(32)41-23(22-44-25(42-44)20-18-15-8-6-4-2)21-40-45(38,39)43-31-29(36)27(34)26(33)28(35)30(31)37/h23,25-31,33-37H,1-22H2,(H,38,39)/q-1/t23-,25?,26?,27-,28+,29-,30-,31?/m1/s1. The minimum Gasteiger partial charge on any atom is -0.451 e. The van der Waals surface area contributed by atoms with Crippen LogP contribution in [0, 0.1) is 13.8 Å². The van der Waals surface area contributed by atoms with Gasteiger partial charge in [0.1, 0.15) is 43.2 Å². The molecule has 1 aliphatic carbocycles. The molecular formula is C31H58O13P-. The van der Waals surface area contributed by atoms with Crippen molar-refractivity contribution >= 4 is 13.8 Å². The predicted molar refractivity (Wildman–Crippen MR) is 165 cm³/mol. The molecule has 266 valence electrons. The molecule has 4 unspecified atom stereocenters. The van der Waals surface area contributed by atoms with Gasteiger partial charge in [-0.1, -0.05) is 77.0 Å². The van der Waals surface area contributed by atoms with Gasteiger partial charge in [0.2, 0.25) is 6.61 Å². The summed E-state index contributed by atoms with van der Waals surface area (Å²) in [5.41, 5.74) is 0. The molecule has 2 rings (SSSR count). The third kappa shape index (κ3) is 15.8. The Balaban J connectivity index is 1.81. The van der Waals surface area contributed by atoms with Crippen molar-refractivity contribution in [1.82, 2.24) is 0 Å². The first-order chi connectivity index (χ1) is 21.5. The van der Waals surface area contributed by atoms with Gasteiger partial charge in [-0.2, -0.15) is 17.4 Å². The van der Waals surface area contributed by atoms with E-state index in [-0.39, 0.29) is 19.3 Å². The highest BCUT2D eigenvalue weighted by Crippen LogP contribution is 2.47. The first-order valence-corrected chi connectivity index (χ1v) is 18.2. The van der Waals surface area contributed by atoms with Gasteiger partial charge in [-0.15, -0.1) is 0 Å². The van der Waals surface area contributed by atoms with E-state index < -0.39 is 63.1 Å². The van der Waals surface area contributed by atoms with E-state index in [0.717, 1.165) is 64.2 Å². The topological polar surface area (TPSA) is 198 Å². The third-order valence-electron chi connectivity index (χ3n) is 8.21. The van der Waals surface area contributed by atoms with Crippen LogP contribution < -0.4 is 0 Å². The summed E-state index contributed by atoms with van der Waals surface area (Å²) in [5, 5.41) is 49.8. The van der Waals surface area contributed by atoms with Gasteiger partial charge in [-0.05, 0) is 17.7 Å². The van der Waals surface area contributed by atoms with Gasteiger partial charge in [-0.25, -0.2) is 4.57 Å². The molecule has 6 N–H and O–H groups in total. The predicted octanol–water partition coefficient (Wildman–Crippen LogP) is 3.73. The van der Waals surface area contributed by atoms with Gasteiger partial charge < -0.3 is 49.0 Å². The highest BCUT2D eigenvalue weighted by Gasteiger charge is 2.52. The molecule has 1 saturated heterocycles. The number of aliphatic hydroxyl groups is 5. The fourth-order valence-corrected chi connectivity index (χ4v) is 6.34. The van der Waals surface area contributed by atoms with Crippen molar-refractivity contribution in [3.63, 3.8) is 0 Å². The van der Waals surface area contributed by atoms with Gasteiger partial charge in [0, 0.05) is 6.42 Å². The molecule has 0 bridgehead atoms. The number of unbranched alkanes of at least 4 members (excludes halogenated alkanes) is 14. The van der Waals surface area contributed by atoms with Crippen LogP contribution in [0.3, 0.4) is 0 Å². The summed E-state index contributed by atoms with van der Waals surface area (Å²) in [6.45, 7) is 7.12. The molecule has 1 saturated carbocycles. The fourth-order valence-electron chi connectivity index (χ4n) is 5.37. The van der Waals surface area contributed by atoms with Gasteiger partial charge in [0.05, 0.1) is 6.42 Å². The Morgan fingerprint density at radius 3 is 1.73 bits per heavy atom. The summed E-state index contributed by atoms with van der Waals surface area (Å²) in [5.74, 6) is -0.492. The van der Waals surface area contributed by atoms with Gasteiger partial charge in [-0.3, -0.25) is 13.8 Å². The molecule has 14 heteroatoms. The van der Waals surface area contributed by atoms with Gasteiger partial charge in [0.15, 0.2) is 6.10 Å². The van der Waals surface area contributed by atoms with E-state index in [9.17, 15) is 39.8 Å². The lowest BCUT2D eigenvalue weighted by Gasteiger charge is -2.41. The minimum atomic E-state index is -5.01. The van der Waals surface area contributed by atoms with Crippen molar-refractivity contribution in [2.45, 2.75) is 165 Å². The van der Waals surface area contributed by atoms with Crippen LogP contribution in [-0.4, -0.2) is 98.6 Å². The van der Waals surface area contributed by atoms with Crippen LogP contribution in [0.4, 0.5) is 0 Å². The van der Waals surface area contributed by atoms with Crippen LogP contribution in [0.2, 0.25) is 0 Å². The quantitative estimate of drug-likeness (QED) is 0.0149. The molecule has 13 nitrogen and oxygen atoms in total. The first kappa shape index (κ1) is 40.5. The lowest BCUT2D eigenvalue weighted by atomic mass is 9.85. The summed E-state index contributed by atoms with van der Waals surface area (Å²) in [6, 6.07) is 0. The Morgan fingerprint density at radius 2 is 1.20 bits per heavy atom. The van der Waals surface area contributed by atoms with E-state index in [2.05, 4.69) is 18.4 Å². The molecule has 0 radical (unpaired) electrons. The smallest absolute Gasteiger partial charge is 0.451 e. The Morgan fingerprint density at radius 1 is 0.733 bits per heavy atom. The van der Waals surface area contributed by atoms with E-state index in [4.69, 9.17) is 18.7 Å². The van der Waals surface area contributed by atoms with Crippen molar-refractivity contribution in [3.8, 4) is 0 Å². The summed E-state index contributed by atoms with van der Waals surface area (Å²) >= 11 is 0. The maximum atomic E-state index is 12.7. The van der Waals surface area contributed by atoms with Crippen LogP contribution in [0.25, 0.3) is 0 Å². The Hall–Kier alpha value is -0.700. The highest BCUT2D eigenvalue weighted by atomic mass is 31.2. The summed E-state index contributed by atoms with van der Waals surface area (Å²) in [4.78, 5) is 28.4. The number of carbonyl (C=O) groups excluding carboxylic acids is 1. The second-order valence-electron chi connectivity index (χ2n) is 12.2. The molecule has 0 aromatic carbocycles. The van der Waals surface area contributed by atoms with E-state index in [1.165, 1.54) is 38.5 Å². The van der Waals surface area contributed by atoms with E-state index in [1.807, 2.05) is 0 Å². The van der Waals surface area contributed by atoms with Gasteiger partial charge in [0.25, 0.3) is 0 Å². The van der Waals surface area contributed by atoms with Crippen molar-refractivity contribution in [1.29, 1.82) is 0 Å². The SMILES string of the molecule is [CH2-]CCCCCCCCCCCCC(=O)O[C@H](COP(=O)(O)OC1[C@H](O)[C@H](O)C(O)[C@H](O)[C@H]1O)C[O+]1OC1CCCCCC[CH2-]. The number of phosphoric ester groups is 1. The van der Waals surface area contributed by atoms with Gasteiger partial charge >= 0.3 is 20.1 Å². The number of phosphoric acid groups is 1. The number of esters is 1. The van der Waals surface area contributed by atoms with Crippen molar-refractivity contribution in [2.24, 2.45) is 0 Å². The fraction of sp³-hybridized carbons (Fsp3) is 0.903. The zero-order chi connectivity index (χ0) is 33.2. The van der Waals surface area contributed by atoms with Crippen LogP contribution in [0.5, 0.6) is 0 Å². The number of aliphatic hydroxyl groups excluding tert-OH is 5. The van der Waals surface area contributed by atoms with Crippen LogP contribution in [0.15, 0.2) is 0 Å². The third-order valence-corrected chi connectivity index (χ3v) is 9.19. The van der Waals surface area contributed by atoms with Crippen molar-refractivity contribution < 1.29 is 63.0 Å². The molecule has 45 heavy (non-hydrogen) atoms. The lowest BCUT2D eigenvalue weighted by Crippen LogP contribution is -2.64. The lowest BCUT2D eigenvalue weighted by molar-refractivity contribution is -0.220. The summed E-state index contributed by atoms with van der Waals surface area (Å²) in [7, 11) is -5.01. The zero-order valence-corrected chi connectivity index (χ0v) is 27.6. The number of ether oxygens (including phenoxy) is 1. The van der Waals surface area contributed by atoms with E-state index >= 15 is 0 Å². The number of rotatable bonds is 26. The number of carbonyl (C=O) groups is 1. The van der Waals surface area contributed by atoms with Crippen LogP contribution in [0.1, 0.15) is 116 Å². The molecule has 0 aromatic heterocycles. The largest absolute Gasteiger partial charge is 0.472 e. The Labute approximate surface area is 268 Å². The average Bonchev–Trinajstić information content (AvgIpc) is 3.76. The molecule has 1 heterocycles. The molecule has 9 atom stereocenters. The summed E-state index contributed by atoms with van der Waals surface area (Å²) < 4.78 is 30.7. The average molecular weight is 670 g/mol. The molecular weight excluding hydrogens is 611 g/mol. The maximum absolute atomic E-state index is 12.7. The minimum absolute atomic E-state index is 0.00234. The Bertz CT molecular complexity index is 832. The number of hydrogen-bond acceptors (Lipinski definition) is 11. The number of hydrogen-bond donors (Lipinski definition) is 6. The Kier molecular flexibility index (Phi) is 19.8. The van der Waals surface area contributed by atoms with E-state index in [1.54, 1.807) is 0 Å². The second-order valence-corrected chi connectivity index (χ2v) is 13.6. The highest BCUT2D eigenvalue weighted by molar-refractivity contribution is 7.47.